The Labute approximate surface area is 210 Å². The fraction of sp³-hybridized carbons (Fsp3) is 0.560. The average Bonchev–Trinajstić information content (AvgIpc) is 2.88. The van der Waals surface area contributed by atoms with E-state index in [0.717, 1.165) is 18.4 Å². The summed E-state index contributed by atoms with van der Waals surface area (Å²) in [5, 5.41) is 3.38. The molecule has 9 nitrogen and oxygen atoms in total. The molecule has 0 spiro atoms. The first-order valence-corrected chi connectivity index (χ1v) is 12.9. The predicted octanol–water partition coefficient (Wildman–Crippen LogP) is 2.75. The van der Waals surface area contributed by atoms with Gasteiger partial charge in [0.2, 0.25) is 5.91 Å². The molecule has 0 radical (unpaired) electrons. The molecule has 10 heteroatoms. The number of fused-ring (bicyclic) bond motifs is 1. The van der Waals surface area contributed by atoms with Crippen molar-refractivity contribution in [3.8, 4) is 11.5 Å². The molecule has 35 heavy (non-hydrogen) atoms. The summed E-state index contributed by atoms with van der Waals surface area (Å²) in [6.45, 7) is 4.13. The number of amides is 3. The van der Waals surface area contributed by atoms with Gasteiger partial charge in [0.25, 0.3) is 5.91 Å². The Morgan fingerprint density at radius 1 is 1.09 bits per heavy atom. The third-order valence-corrected chi connectivity index (χ3v) is 8.20. The number of methoxy groups -OCH3 is 2. The van der Waals surface area contributed by atoms with E-state index in [1.165, 1.54) is 0 Å². The van der Waals surface area contributed by atoms with Crippen molar-refractivity contribution in [1.29, 1.82) is 0 Å². The number of hydrogen-bond acceptors (Lipinski definition) is 7. The molecule has 1 saturated carbocycles. The van der Waals surface area contributed by atoms with Crippen molar-refractivity contribution in [2.45, 2.75) is 37.5 Å². The summed E-state index contributed by atoms with van der Waals surface area (Å²) in [4.78, 5) is 42.1. The zero-order chi connectivity index (χ0) is 24.9. The van der Waals surface area contributed by atoms with Crippen molar-refractivity contribution >= 4 is 35.7 Å². The van der Waals surface area contributed by atoms with Gasteiger partial charge < -0.3 is 29.3 Å². The summed E-state index contributed by atoms with van der Waals surface area (Å²) in [6, 6.07) is 5.54. The van der Waals surface area contributed by atoms with E-state index in [1.807, 2.05) is 29.2 Å². The zero-order valence-corrected chi connectivity index (χ0v) is 21.3. The highest BCUT2D eigenvalue weighted by atomic mass is 32.2. The largest absolute Gasteiger partial charge is 0.493 e. The van der Waals surface area contributed by atoms with E-state index in [2.05, 4.69) is 5.32 Å². The molecule has 3 amide bonds. The van der Waals surface area contributed by atoms with Crippen LogP contribution in [0.2, 0.25) is 0 Å². The molecule has 2 heterocycles. The molecule has 1 aliphatic carbocycles. The topological polar surface area (TPSA) is 97.4 Å². The van der Waals surface area contributed by atoms with Gasteiger partial charge in [-0.05, 0) is 50.0 Å². The third-order valence-electron chi connectivity index (χ3n) is 6.78. The van der Waals surface area contributed by atoms with Crippen LogP contribution < -0.4 is 14.8 Å². The van der Waals surface area contributed by atoms with E-state index in [4.69, 9.17) is 14.2 Å². The molecule has 2 aliphatic heterocycles. The second-order valence-corrected chi connectivity index (χ2v) is 10.2. The van der Waals surface area contributed by atoms with Gasteiger partial charge >= 0.3 is 6.09 Å². The molecule has 3 atom stereocenters. The molecule has 0 aromatic heterocycles. The maximum absolute atomic E-state index is 13.2. The molecule has 190 valence electrons. The van der Waals surface area contributed by atoms with E-state index in [1.54, 1.807) is 37.8 Å². The van der Waals surface area contributed by atoms with Crippen LogP contribution in [0.15, 0.2) is 23.1 Å². The lowest BCUT2D eigenvalue weighted by atomic mass is 9.84. The fourth-order valence-electron chi connectivity index (χ4n) is 4.89. The highest BCUT2D eigenvalue weighted by molar-refractivity contribution is 8.04. The van der Waals surface area contributed by atoms with E-state index >= 15 is 0 Å². The standard InChI is InChI=1S/C25H33N3O6S/c1-4-34-25(31)28-11-9-27(10-12-28)24(30)17-6-8-21-18(15-17)26-23(29)22(35-21)14-16-5-7-19(32-2)20(13-16)33-3/h5,7,13-14,17-18,21H,4,6,8-12,15H2,1-3H3,(H,26,29)/b22-14+. The summed E-state index contributed by atoms with van der Waals surface area (Å²) >= 11 is 1.59. The SMILES string of the molecule is CCOC(=O)N1CCN(C(=O)C2CCC3S/C(=C/c4ccc(OC)c(OC)c4)C(=O)NC3C2)CC1. The molecule has 2 saturated heterocycles. The molecule has 3 fully saturated rings. The van der Waals surface area contributed by atoms with Crippen LogP contribution >= 0.6 is 11.8 Å². The van der Waals surface area contributed by atoms with E-state index in [0.29, 0.717) is 55.6 Å². The van der Waals surface area contributed by atoms with Gasteiger partial charge in [0.15, 0.2) is 11.5 Å². The van der Waals surface area contributed by atoms with E-state index in [9.17, 15) is 14.4 Å². The summed E-state index contributed by atoms with van der Waals surface area (Å²) in [5.41, 5.74) is 0.865. The fourth-order valence-corrected chi connectivity index (χ4v) is 6.19. The highest BCUT2D eigenvalue weighted by Gasteiger charge is 2.41. The van der Waals surface area contributed by atoms with Crippen LogP contribution in [0.3, 0.4) is 0 Å². The normalized spacial score (nSPS) is 25.5. The predicted molar refractivity (Wildman–Crippen MR) is 133 cm³/mol. The van der Waals surface area contributed by atoms with Crippen LogP contribution in [-0.2, 0) is 14.3 Å². The van der Waals surface area contributed by atoms with Gasteiger partial charge in [-0.25, -0.2) is 4.79 Å². The number of benzene rings is 1. The molecule has 1 aromatic rings. The molecule has 1 aromatic carbocycles. The smallest absolute Gasteiger partial charge is 0.409 e. The maximum Gasteiger partial charge on any atom is 0.409 e. The monoisotopic (exact) mass is 503 g/mol. The number of nitrogens with one attached hydrogen (secondary N) is 1. The Balaban J connectivity index is 1.34. The molecule has 1 N–H and O–H groups in total. The van der Waals surface area contributed by atoms with Crippen molar-refractivity contribution in [3.05, 3.63) is 28.7 Å². The Morgan fingerprint density at radius 2 is 1.80 bits per heavy atom. The Hall–Kier alpha value is -2.88. The van der Waals surface area contributed by atoms with Gasteiger partial charge in [-0.1, -0.05) is 6.07 Å². The summed E-state index contributed by atoms with van der Waals surface area (Å²) < 4.78 is 15.7. The second kappa shape index (κ2) is 11.2. The highest BCUT2D eigenvalue weighted by Crippen LogP contribution is 2.41. The lowest BCUT2D eigenvalue weighted by Crippen LogP contribution is -2.55. The maximum atomic E-state index is 13.2. The molecule has 0 bridgehead atoms. The van der Waals surface area contributed by atoms with Gasteiger partial charge in [-0.2, -0.15) is 0 Å². The van der Waals surface area contributed by atoms with Crippen molar-refractivity contribution in [3.63, 3.8) is 0 Å². The number of hydrogen-bond donors (Lipinski definition) is 1. The molecule has 4 rings (SSSR count). The summed E-state index contributed by atoms with van der Waals surface area (Å²) in [7, 11) is 3.17. The number of piperazine rings is 1. The van der Waals surface area contributed by atoms with E-state index in [-0.39, 0.29) is 35.1 Å². The Kier molecular flexibility index (Phi) is 8.10. The van der Waals surface area contributed by atoms with Gasteiger partial charge in [0, 0.05) is 43.4 Å². The first-order valence-electron chi connectivity index (χ1n) is 12.0. The van der Waals surface area contributed by atoms with Crippen LogP contribution in [0.5, 0.6) is 11.5 Å². The molecule has 3 aliphatic rings. The summed E-state index contributed by atoms with van der Waals surface area (Å²) in [6.07, 6.45) is 3.85. The number of thioether (sulfide) groups is 1. The lowest BCUT2D eigenvalue weighted by Gasteiger charge is -2.41. The van der Waals surface area contributed by atoms with Crippen molar-refractivity contribution in [2.75, 3.05) is 47.0 Å². The second-order valence-electron chi connectivity index (χ2n) is 8.88. The van der Waals surface area contributed by atoms with Crippen LogP contribution in [-0.4, -0.2) is 86.0 Å². The number of rotatable bonds is 5. The number of nitrogens with zero attached hydrogens (tertiary/aromatic N) is 2. The van der Waals surface area contributed by atoms with Gasteiger partial charge in [-0.15, -0.1) is 11.8 Å². The number of carbonyl (C=O) groups excluding carboxylic acids is 3. The molecular weight excluding hydrogens is 470 g/mol. The number of ether oxygens (including phenoxy) is 3. The quantitative estimate of drug-likeness (QED) is 0.617. The third kappa shape index (κ3) is 5.69. The van der Waals surface area contributed by atoms with Crippen LogP contribution in [0.1, 0.15) is 31.7 Å². The summed E-state index contributed by atoms with van der Waals surface area (Å²) in [5.74, 6) is 1.16. The minimum absolute atomic E-state index is 0.0291. The molecule has 3 unspecified atom stereocenters. The van der Waals surface area contributed by atoms with Crippen LogP contribution in [0.4, 0.5) is 4.79 Å². The first kappa shape index (κ1) is 25.2. The Bertz CT molecular complexity index is 991. The van der Waals surface area contributed by atoms with Gasteiger partial charge in [0.05, 0.1) is 25.7 Å². The minimum atomic E-state index is -0.320. The van der Waals surface area contributed by atoms with Crippen molar-refractivity contribution < 1.29 is 28.6 Å². The van der Waals surface area contributed by atoms with Gasteiger partial charge in [-0.3, -0.25) is 9.59 Å². The lowest BCUT2D eigenvalue weighted by molar-refractivity contribution is -0.138. The minimum Gasteiger partial charge on any atom is -0.493 e. The molecular formula is C25H33N3O6S. The van der Waals surface area contributed by atoms with Gasteiger partial charge in [0.1, 0.15) is 0 Å². The Morgan fingerprint density at radius 3 is 2.49 bits per heavy atom. The van der Waals surface area contributed by atoms with Crippen LogP contribution in [0, 0.1) is 5.92 Å². The van der Waals surface area contributed by atoms with Crippen LogP contribution in [0.25, 0.3) is 6.08 Å². The first-order chi connectivity index (χ1) is 16.9. The zero-order valence-electron chi connectivity index (χ0n) is 20.5. The average molecular weight is 504 g/mol. The van der Waals surface area contributed by atoms with Crippen molar-refractivity contribution in [2.24, 2.45) is 5.92 Å². The number of carbonyl (C=O) groups is 3. The van der Waals surface area contributed by atoms with E-state index < -0.39 is 0 Å². The van der Waals surface area contributed by atoms with Crippen molar-refractivity contribution in [1.82, 2.24) is 15.1 Å².